The zero-order valence-corrected chi connectivity index (χ0v) is 10.4. The summed E-state index contributed by atoms with van der Waals surface area (Å²) in [6.07, 6.45) is 11.1. The first-order valence-electron chi connectivity index (χ1n) is 6.38. The zero-order chi connectivity index (χ0) is 12.9. The third kappa shape index (κ3) is 9.72. The van der Waals surface area contributed by atoms with E-state index in [0.717, 1.165) is 25.7 Å². The van der Waals surface area contributed by atoms with E-state index in [0.29, 0.717) is 6.42 Å². The van der Waals surface area contributed by atoms with Crippen molar-refractivity contribution in [3.8, 4) is 0 Å². The van der Waals surface area contributed by atoms with Crippen molar-refractivity contribution in [2.24, 2.45) is 5.18 Å². The predicted molar refractivity (Wildman–Crippen MR) is 69.0 cm³/mol. The fraction of sp³-hybridized carbons (Fsp3) is 0.769. The normalized spacial score (nSPS) is 12.0. The molecule has 0 aromatic rings. The molecule has 0 spiro atoms. The maximum atomic E-state index is 10.5. The Morgan fingerprint density at radius 1 is 1.12 bits per heavy atom. The largest absolute Gasteiger partial charge is 0.480 e. The van der Waals surface area contributed by atoms with Gasteiger partial charge < -0.3 is 5.11 Å². The Bertz CT molecular complexity index is 229. The van der Waals surface area contributed by atoms with Gasteiger partial charge in [-0.2, -0.15) is 0 Å². The molecule has 1 atom stereocenters. The van der Waals surface area contributed by atoms with Crippen LogP contribution in [0.25, 0.3) is 0 Å². The average Bonchev–Trinajstić information content (AvgIpc) is 2.31. The second-order valence-corrected chi connectivity index (χ2v) is 4.30. The van der Waals surface area contributed by atoms with Crippen molar-refractivity contribution in [2.45, 2.75) is 63.8 Å². The number of hydrogen-bond donors (Lipinski definition) is 1. The summed E-state index contributed by atoms with van der Waals surface area (Å²) in [6, 6.07) is -1.05. The molecule has 4 heteroatoms. The Kier molecular flexibility index (Phi) is 10.5. The van der Waals surface area contributed by atoms with Crippen LogP contribution in [0.5, 0.6) is 0 Å². The lowest BCUT2D eigenvalue weighted by atomic mass is 10.0. The lowest BCUT2D eigenvalue weighted by Crippen LogP contribution is -2.16. The molecule has 4 nitrogen and oxygen atoms in total. The summed E-state index contributed by atoms with van der Waals surface area (Å²) in [5.74, 6) is -1.11. The Morgan fingerprint density at radius 2 is 1.65 bits per heavy atom. The molecule has 1 unspecified atom stereocenters. The molecule has 0 radical (unpaired) electrons. The van der Waals surface area contributed by atoms with Gasteiger partial charge in [-0.05, 0) is 19.3 Å². The van der Waals surface area contributed by atoms with Crippen LogP contribution in [-0.4, -0.2) is 17.1 Å². The van der Waals surface area contributed by atoms with E-state index >= 15 is 0 Å². The van der Waals surface area contributed by atoms with Crippen molar-refractivity contribution in [1.29, 1.82) is 0 Å². The highest BCUT2D eigenvalue weighted by Gasteiger charge is 2.16. The van der Waals surface area contributed by atoms with Crippen LogP contribution in [0.3, 0.4) is 0 Å². The van der Waals surface area contributed by atoms with Gasteiger partial charge in [0.25, 0.3) is 0 Å². The number of aliphatic carboxylic acids is 1. The lowest BCUT2D eigenvalue weighted by Gasteiger charge is -2.03. The number of rotatable bonds is 12. The third-order valence-corrected chi connectivity index (χ3v) is 2.80. The minimum atomic E-state index is -1.11. The molecule has 0 aromatic carbocycles. The second-order valence-electron chi connectivity index (χ2n) is 4.30. The summed E-state index contributed by atoms with van der Waals surface area (Å²) in [4.78, 5) is 20.7. The minimum Gasteiger partial charge on any atom is -0.480 e. The van der Waals surface area contributed by atoms with Crippen molar-refractivity contribution in [3.63, 3.8) is 0 Å². The Labute approximate surface area is 103 Å². The van der Waals surface area contributed by atoms with Gasteiger partial charge in [0.1, 0.15) is 0 Å². The van der Waals surface area contributed by atoms with Crippen LogP contribution in [0.15, 0.2) is 17.8 Å². The van der Waals surface area contributed by atoms with Crippen molar-refractivity contribution in [1.82, 2.24) is 0 Å². The molecule has 0 amide bonds. The van der Waals surface area contributed by atoms with Gasteiger partial charge in [-0.15, -0.1) is 11.5 Å². The van der Waals surface area contributed by atoms with Gasteiger partial charge in [0.15, 0.2) is 6.04 Å². The van der Waals surface area contributed by atoms with Crippen molar-refractivity contribution < 1.29 is 9.90 Å². The monoisotopic (exact) mass is 241 g/mol. The molecule has 0 aliphatic carbocycles. The Hall–Kier alpha value is -1.19. The van der Waals surface area contributed by atoms with Crippen LogP contribution >= 0.6 is 0 Å². The maximum absolute atomic E-state index is 10.5. The van der Waals surface area contributed by atoms with Crippen LogP contribution in [0.4, 0.5) is 0 Å². The Morgan fingerprint density at radius 3 is 2.12 bits per heavy atom. The second kappa shape index (κ2) is 11.3. The molecule has 0 rings (SSSR count). The topological polar surface area (TPSA) is 66.7 Å². The van der Waals surface area contributed by atoms with E-state index in [-0.39, 0.29) is 0 Å². The predicted octanol–water partition coefficient (Wildman–Crippen LogP) is 3.90. The first-order chi connectivity index (χ1) is 8.22. The zero-order valence-electron chi connectivity index (χ0n) is 10.4. The molecule has 0 bridgehead atoms. The van der Waals surface area contributed by atoms with Crippen LogP contribution < -0.4 is 0 Å². The van der Waals surface area contributed by atoms with Crippen LogP contribution in [0, 0.1) is 4.91 Å². The maximum Gasteiger partial charge on any atom is 0.332 e. The molecule has 98 valence electrons. The van der Waals surface area contributed by atoms with Gasteiger partial charge in [-0.1, -0.05) is 49.8 Å². The molecule has 1 N–H and O–H groups in total. The van der Waals surface area contributed by atoms with Crippen LogP contribution in [0.1, 0.15) is 57.8 Å². The fourth-order valence-electron chi connectivity index (χ4n) is 1.73. The van der Waals surface area contributed by atoms with Crippen molar-refractivity contribution in [2.75, 3.05) is 0 Å². The van der Waals surface area contributed by atoms with Gasteiger partial charge in [0.05, 0.1) is 0 Å². The van der Waals surface area contributed by atoms with Crippen LogP contribution in [0.2, 0.25) is 0 Å². The molecule has 0 aliphatic rings. The molecule has 17 heavy (non-hydrogen) atoms. The quantitative estimate of drug-likeness (QED) is 0.320. The van der Waals surface area contributed by atoms with Gasteiger partial charge in [0, 0.05) is 0 Å². The third-order valence-electron chi connectivity index (χ3n) is 2.80. The number of nitroso groups, excluding NO2 is 1. The first kappa shape index (κ1) is 15.8. The smallest absolute Gasteiger partial charge is 0.332 e. The van der Waals surface area contributed by atoms with Crippen LogP contribution in [-0.2, 0) is 4.79 Å². The number of nitrogens with zero attached hydrogens (tertiary/aromatic N) is 1. The number of carboxylic acid groups (broad SMARTS) is 1. The highest BCUT2D eigenvalue weighted by atomic mass is 16.4. The van der Waals surface area contributed by atoms with E-state index in [2.05, 4.69) is 11.8 Å². The van der Waals surface area contributed by atoms with E-state index in [9.17, 15) is 9.70 Å². The standard InChI is InChI=1S/C13H23NO3/c1-2-3-4-5-6-7-8-9-10-11-12(14-17)13(15)16/h2,12H,1,3-11H2,(H,15,16). The summed E-state index contributed by atoms with van der Waals surface area (Å²) in [6.45, 7) is 3.68. The van der Waals surface area contributed by atoms with Gasteiger partial charge in [-0.25, -0.2) is 4.79 Å². The van der Waals surface area contributed by atoms with E-state index in [4.69, 9.17) is 5.11 Å². The summed E-state index contributed by atoms with van der Waals surface area (Å²) >= 11 is 0. The van der Waals surface area contributed by atoms with Gasteiger partial charge in [-0.3, -0.25) is 0 Å². The van der Waals surface area contributed by atoms with E-state index in [1.165, 1.54) is 25.7 Å². The summed E-state index contributed by atoms with van der Waals surface area (Å²) in [5, 5.41) is 11.2. The summed E-state index contributed by atoms with van der Waals surface area (Å²) < 4.78 is 0. The molecule has 0 aromatic heterocycles. The van der Waals surface area contributed by atoms with Gasteiger partial charge >= 0.3 is 5.97 Å². The van der Waals surface area contributed by atoms with E-state index in [1.807, 2.05) is 6.08 Å². The number of unbranched alkanes of at least 4 members (excludes halogenated alkanes) is 7. The highest BCUT2D eigenvalue weighted by molar-refractivity contribution is 5.73. The number of carboxylic acids is 1. The molecule has 0 aliphatic heterocycles. The number of carbonyl (C=O) groups is 1. The average molecular weight is 241 g/mol. The van der Waals surface area contributed by atoms with Gasteiger partial charge in [0.2, 0.25) is 0 Å². The highest BCUT2D eigenvalue weighted by Crippen LogP contribution is 2.11. The number of allylic oxidation sites excluding steroid dienone is 1. The first-order valence-corrected chi connectivity index (χ1v) is 6.38. The van der Waals surface area contributed by atoms with Crippen molar-refractivity contribution in [3.05, 3.63) is 17.6 Å². The molecular weight excluding hydrogens is 218 g/mol. The molecule has 0 heterocycles. The van der Waals surface area contributed by atoms with Crippen molar-refractivity contribution >= 4 is 5.97 Å². The Balaban J connectivity index is 3.25. The minimum absolute atomic E-state index is 0.370. The molecule has 0 fully saturated rings. The van der Waals surface area contributed by atoms with E-state index in [1.54, 1.807) is 0 Å². The molecule has 0 saturated heterocycles. The molecular formula is C13H23NO3. The fourth-order valence-corrected chi connectivity index (χ4v) is 1.73. The lowest BCUT2D eigenvalue weighted by molar-refractivity contribution is -0.138. The van der Waals surface area contributed by atoms with E-state index < -0.39 is 12.0 Å². The summed E-state index contributed by atoms with van der Waals surface area (Å²) in [5.41, 5.74) is 0. The SMILES string of the molecule is C=CCCCCCCCCCC(N=O)C(=O)O. The summed E-state index contributed by atoms with van der Waals surface area (Å²) in [7, 11) is 0. The number of hydrogen-bond acceptors (Lipinski definition) is 3. The molecule has 0 saturated carbocycles.